The van der Waals surface area contributed by atoms with E-state index in [0.29, 0.717) is 0 Å². The van der Waals surface area contributed by atoms with E-state index in [4.69, 9.17) is 0 Å². The maximum Gasteiger partial charge on any atom is 0.259 e. The van der Waals surface area contributed by atoms with E-state index in [1.54, 1.807) is 0 Å². The zero-order valence-corrected chi connectivity index (χ0v) is 12.9. The first kappa shape index (κ1) is 11.1. The van der Waals surface area contributed by atoms with Gasteiger partial charge in [0, 0.05) is 0 Å². The Balaban J connectivity index is 2.29. The van der Waals surface area contributed by atoms with Crippen molar-refractivity contribution in [2.45, 2.75) is 0 Å². The van der Waals surface area contributed by atoms with Gasteiger partial charge in [0.1, 0.15) is 0 Å². The summed E-state index contributed by atoms with van der Waals surface area (Å²) in [4.78, 5) is 0. The largest absolute Gasteiger partial charge is 0.259 e. The lowest BCUT2D eigenvalue weighted by molar-refractivity contribution is 1.79. The first-order valence-corrected chi connectivity index (χ1v) is 7.64. The highest BCUT2D eigenvalue weighted by Crippen LogP contribution is 2.28. The van der Waals surface area contributed by atoms with Crippen molar-refractivity contribution in [3.8, 4) is 0 Å². The maximum atomic E-state index is 2.34. The molecule has 0 bridgehead atoms. The molecular formula is C18H13Al. The zero-order valence-electron chi connectivity index (χ0n) is 10.9. The van der Waals surface area contributed by atoms with Crippen LogP contribution in [-0.2, 0) is 0 Å². The van der Waals surface area contributed by atoms with Crippen molar-refractivity contribution in [1.82, 2.24) is 0 Å². The van der Waals surface area contributed by atoms with Crippen molar-refractivity contribution < 1.29 is 0 Å². The molecule has 4 rings (SSSR count). The predicted octanol–water partition coefficient (Wildman–Crippen LogP) is 3.40. The Kier molecular flexibility index (Phi) is 2.39. The van der Waals surface area contributed by atoms with Gasteiger partial charge in [-0.2, -0.15) is 0 Å². The van der Waals surface area contributed by atoms with E-state index >= 15 is 0 Å². The van der Waals surface area contributed by atoms with Crippen LogP contribution in [0.15, 0.2) is 66.7 Å². The Morgan fingerprint density at radius 2 is 1.26 bits per heavy atom. The van der Waals surface area contributed by atoms with Crippen LogP contribution in [0.3, 0.4) is 0 Å². The average molecular weight is 256 g/mol. The molecule has 0 spiro atoms. The van der Waals surface area contributed by atoms with Gasteiger partial charge in [-0.05, 0) is 44.5 Å². The van der Waals surface area contributed by atoms with Gasteiger partial charge in [-0.15, -0.1) is 4.43 Å². The van der Waals surface area contributed by atoms with E-state index in [0.717, 1.165) is 16.3 Å². The molecule has 1 heteroatoms. The normalized spacial score (nSPS) is 11.4. The second-order valence-corrected chi connectivity index (χ2v) is 6.24. The molecule has 0 nitrogen and oxygen atoms in total. The summed E-state index contributed by atoms with van der Waals surface area (Å²) in [6, 6.07) is 24.4. The van der Waals surface area contributed by atoms with Crippen LogP contribution in [0.4, 0.5) is 0 Å². The number of hydrogen-bond acceptors (Lipinski definition) is 0. The summed E-state index contributed by atoms with van der Waals surface area (Å²) in [6.45, 7) is 0. The van der Waals surface area contributed by atoms with E-state index in [1.165, 1.54) is 36.7 Å². The minimum absolute atomic E-state index is 1.09. The minimum Gasteiger partial charge on any atom is -0.113 e. The number of hydrogen-bond donors (Lipinski definition) is 0. The summed E-state index contributed by atoms with van der Waals surface area (Å²) in [5.74, 6) is 0. The van der Waals surface area contributed by atoms with Gasteiger partial charge in [-0.25, -0.2) is 0 Å². The van der Waals surface area contributed by atoms with Crippen molar-refractivity contribution in [3.05, 3.63) is 66.7 Å². The highest BCUT2D eigenvalue weighted by atomic mass is 27.0. The lowest BCUT2D eigenvalue weighted by Gasteiger charge is -2.09. The molecule has 0 aromatic heterocycles. The number of rotatable bonds is 0. The van der Waals surface area contributed by atoms with Gasteiger partial charge in [0.25, 0.3) is 16.3 Å². The number of benzene rings is 4. The molecule has 0 unspecified atom stereocenters. The third-order valence-corrected chi connectivity index (χ3v) is 4.77. The SMILES string of the molecule is [AlH2][c]1cccc2ccc3cc4ccccc4cc3c12. The van der Waals surface area contributed by atoms with Crippen LogP contribution < -0.4 is 4.43 Å². The fourth-order valence-corrected chi connectivity index (χ4v) is 3.74. The van der Waals surface area contributed by atoms with Crippen LogP contribution in [0, 0.1) is 0 Å². The quantitative estimate of drug-likeness (QED) is 0.257. The second kappa shape index (κ2) is 4.10. The lowest BCUT2D eigenvalue weighted by Crippen LogP contribution is -2.03. The van der Waals surface area contributed by atoms with Crippen LogP contribution in [0.1, 0.15) is 0 Å². The Labute approximate surface area is 120 Å². The van der Waals surface area contributed by atoms with E-state index in [1.807, 2.05) is 0 Å². The molecule has 0 fully saturated rings. The van der Waals surface area contributed by atoms with Gasteiger partial charge in [0.2, 0.25) is 0 Å². The molecule has 0 amide bonds. The third-order valence-electron chi connectivity index (χ3n) is 3.93. The van der Waals surface area contributed by atoms with Gasteiger partial charge in [-0.1, -0.05) is 54.6 Å². The smallest absolute Gasteiger partial charge is 0.113 e. The van der Waals surface area contributed by atoms with Gasteiger partial charge < -0.3 is 0 Å². The summed E-state index contributed by atoms with van der Waals surface area (Å²) in [5.41, 5.74) is 0. The molecule has 0 aliphatic heterocycles. The highest BCUT2D eigenvalue weighted by molar-refractivity contribution is 6.41. The van der Waals surface area contributed by atoms with E-state index in [-0.39, 0.29) is 0 Å². The van der Waals surface area contributed by atoms with Crippen molar-refractivity contribution in [1.29, 1.82) is 0 Å². The molecule has 88 valence electrons. The molecule has 4 aromatic rings. The molecule has 0 aliphatic rings. The molecule has 0 saturated heterocycles. The molecular weight excluding hydrogens is 243 g/mol. The van der Waals surface area contributed by atoms with Crippen LogP contribution in [0.5, 0.6) is 0 Å². The molecule has 0 heterocycles. The molecule has 0 saturated carbocycles. The monoisotopic (exact) mass is 256 g/mol. The van der Waals surface area contributed by atoms with Crippen molar-refractivity contribution in [2.75, 3.05) is 0 Å². The van der Waals surface area contributed by atoms with Gasteiger partial charge >= 0.3 is 0 Å². The fraction of sp³-hybridized carbons (Fsp3) is 0. The average Bonchev–Trinajstić information content (AvgIpc) is 2.45. The predicted molar refractivity (Wildman–Crippen MR) is 87.1 cm³/mol. The standard InChI is InChI=1S/C18H11.Al.2H/c1-2-7-15-12-18-16(11-14(15)6-1)10-9-13-5-3-4-8-17(13)18;;;/h1-7,9-12H;;;. The summed E-state index contributed by atoms with van der Waals surface area (Å²) in [6.07, 6.45) is 0. The van der Waals surface area contributed by atoms with Crippen LogP contribution in [0.2, 0.25) is 0 Å². The Hall–Kier alpha value is -1.81. The lowest BCUT2D eigenvalue weighted by atomic mass is 9.98. The van der Waals surface area contributed by atoms with Crippen molar-refractivity contribution in [3.63, 3.8) is 0 Å². The zero-order chi connectivity index (χ0) is 12.8. The van der Waals surface area contributed by atoms with Gasteiger partial charge in [-0.3, -0.25) is 0 Å². The van der Waals surface area contributed by atoms with Crippen LogP contribution in [0.25, 0.3) is 32.3 Å². The molecule has 4 aromatic carbocycles. The molecule has 19 heavy (non-hydrogen) atoms. The van der Waals surface area contributed by atoms with E-state index in [2.05, 4.69) is 66.7 Å². The summed E-state index contributed by atoms with van der Waals surface area (Å²) >= 11 is 1.09. The maximum absolute atomic E-state index is 2.34. The molecule has 0 atom stereocenters. The number of fused-ring (bicyclic) bond motifs is 4. The Morgan fingerprint density at radius 1 is 0.579 bits per heavy atom. The Bertz CT molecular complexity index is 922. The summed E-state index contributed by atoms with van der Waals surface area (Å²) in [7, 11) is 0. The highest BCUT2D eigenvalue weighted by Gasteiger charge is 2.04. The van der Waals surface area contributed by atoms with Gasteiger partial charge in [0.15, 0.2) is 0 Å². The van der Waals surface area contributed by atoms with Crippen LogP contribution in [-0.4, -0.2) is 16.3 Å². The molecule has 0 N–H and O–H groups in total. The fourth-order valence-electron chi connectivity index (χ4n) is 2.99. The van der Waals surface area contributed by atoms with E-state index < -0.39 is 0 Å². The summed E-state index contributed by atoms with van der Waals surface area (Å²) < 4.78 is 1.48. The first-order valence-electron chi connectivity index (χ1n) is 6.64. The first-order chi connectivity index (χ1) is 9.33. The Morgan fingerprint density at radius 3 is 2.11 bits per heavy atom. The topological polar surface area (TPSA) is 0 Å². The van der Waals surface area contributed by atoms with Gasteiger partial charge in [0.05, 0.1) is 0 Å². The molecule has 0 radical (unpaired) electrons. The second-order valence-electron chi connectivity index (χ2n) is 5.16. The summed E-state index contributed by atoms with van der Waals surface area (Å²) in [5, 5.41) is 8.18. The van der Waals surface area contributed by atoms with Crippen molar-refractivity contribution in [2.24, 2.45) is 0 Å². The molecule has 0 aliphatic carbocycles. The van der Waals surface area contributed by atoms with Crippen molar-refractivity contribution >= 4 is 53.0 Å². The minimum atomic E-state index is 1.09. The van der Waals surface area contributed by atoms with Crippen LogP contribution >= 0.6 is 0 Å². The third kappa shape index (κ3) is 1.67. The van der Waals surface area contributed by atoms with E-state index in [9.17, 15) is 0 Å².